The molecule has 84 valence electrons. The molecule has 1 saturated heterocycles. The van der Waals surface area contributed by atoms with Crippen LogP contribution < -0.4 is 5.32 Å². The minimum Gasteiger partial charge on any atom is -0.507 e. The topological polar surface area (TPSA) is 95.9 Å². The summed E-state index contributed by atoms with van der Waals surface area (Å²) < 4.78 is 4.69. The molecular weight excluding hydrogens is 214 g/mol. The van der Waals surface area contributed by atoms with Crippen molar-refractivity contribution in [2.75, 3.05) is 6.61 Å². The van der Waals surface area contributed by atoms with E-state index in [2.05, 4.69) is 5.32 Å². The van der Waals surface area contributed by atoms with Crippen LogP contribution in [0.2, 0.25) is 0 Å². The van der Waals surface area contributed by atoms with Crippen LogP contribution in [-0.4, -0.2) is 28.9 Å². The van der Waals surface area contributed by atoms with E-state index in [4.69, 9.17) is 9.84 Å². The van der Waals surface area contributed by atoms with Gasteiger partial charge in [-0.3, -0.25) is 0 Å². The maximum absolute atomic E-state index is 10.8. The summed E-state index contributed by atoms with van der Waals surface area (Å²) in [6, 6.07) is 3.77. The van der Waals surface area contributed by atoms with E-state index >= 15 is 0 Å². The van der Waals surface area contributed by atoms with Gasteiger partial charge in [0.2, 0.25) is 0 Å². The second kappa shape index (κ2) is 3.73. The van der Waals surface area contributed by atoms with Gasteiger partial charge in [-0.2, -0.15) is 0 Å². The molecule has 0 bridgehead atoms. The molecule has 0 saturated carbocycles. The van der Waals surface area contributed by atoms with Crippen molar-refractivity contribution in [3.8, 4) is 5.75 Å². The van der Waals surface area contributed by atoms with Crippen LogP contribution in [0.5, 0.6) is 5.75 Å². The van der Waals surface area contributed by atoms with Gasteiger partial charge in [0.05, 0.1) is 6.04 Å². The van der Waals surface area contributed by atoms with E-state index in [9.17, 15) is 14.7 Å². The number of hydrogen-bond donors (Lipinski definition) is 3. The van der Waals surface area contributed by atoms with Crippen molar-refractivity contribution >= 4 is 12.1 Å². The lowest BCUT2D eigenvalue weighted by molar-refractivity contribution is 0.0693. The van der Waals surface area contributed by atoms with Crippen LogP contribution in [0.25, 0.3) is 0 Å². The smallest absolute Gasteiger partial charge is 0.407 e. The molecule has 1 fully saturated rings. The van der Waals surface area contributed by atoms with Crippen LogP contribution in [0.4, 0.5) is 4.79 Å². The summed E-state index contributed by atoms with van der Waals surface area (Å²) in [5.41, 5.74) is 0.389. The van der Waals surface area contributed by atoms with Gasteiger partial charge in [0, 0.05) is 0 Å². The van der Waals surface area contributed by atoms with Crippen LogP contribution in [0.1, 0.15) is 22.0 Å². The zero-order valence-corrected chi connectivity index (χ0v) is 8.14. The molecule has 0 unspecified atom stereocenters. The Morgan fingerprint density at radius 3 is 2.81 bits per heavy atom. The minimum absolute atomic E-state index is 0.155. The predicted molar refractivity (Wildman–Crippen MR) is 52.3 cm³/mol. The van der Waals surface area contributed by atoms with Gasteiger partial charge in [0.25, 0.3) is 0 Å². The fraction of sp³-hybridized carbons (Fsp3) is 0.200. The summed E-state index contributed by atoms with van der Waals surface area (Å²) in [4.78, 5) is 21.6. The molecule has 16 heavy (non-hydrogen) atoms. The third-order valence-electron chi connectivity index (χ3n) is 2.33. The highest BCUT2D eigenvalue weighted by molar-refractivity contribution is 5.91. The lowest BCUT2D eigenvalue weighted by Crippen LogP contribution is -2.18. The predicted octanol–water partition coefficient (Wildman–Crippen LogP) is 0.871. The summed E-state index contributed by atoms with van der Waals surface area (Å²) in [6.07, 6.45) is -0.532. The summed E-state index contributed by atoms with van der Waals surface area (Å²) in [5, 5.41) is 20.6. The Hall–Kier alpha value is -2.24. The van der Waals surface area contributed by atoms with Crippen LogP contribution in [0.15, 0.2) is 18.2 Å². The number of aromatic carboxylic acids is 1. The zero-order valence-electron chi connectivity index (χ0n) is 8.14. The number of ether oxygens (including phenoxy) is 1. The normalized spacial score (nSPS) is 19.0. The monoisotopic (exact) mass is 223 g/mol. The van der Waals surface area contributed by atoms with Gasteiger partial charge in [-0.25, -0.2) is 9.59 Å². The largest absolute Gasteiger partial charge is 0.507 e. The Kier molecular flexibility index (Phi) is 2.40. The molecule has 1 aliphatic rings. The van der Waals surface area contributed by atoms with Gasteiger partial charge < -0.3 is 20.3 Å². The first-order valence-electron chi connectivity index (χ1n) is 4.57. The highest BCUT2D eigenvalue weighted by atomic mass is 16.6. The van der Waals surface area contributed by atoms with E-state index in [1.807, 2.05) is 0 Å². The molecule has 3 N–H and O–H groups in total. The number of benzene rings is 1. The van der Waals surface area contributed by atoms with E-state index in [1.165, 1.54) is 12.1 Å². The van der Waals surface area contributed by atoms with Crippen molar-refractivity contribution in [1.82, 2.24) is 5.32 Å². The Labute approximate surface area is 90.5 Å². The third-order valence-corrected chi connectivity index (χ3v) is 2.33. The van der Waals surface area contributed by atoms with Crippen molar-refractivity contribution in [1.29, 1.82) is 0 Å². The molecule has 1 aromatic carbocycles. The van der Waals surface area contributed by atoms with Gasteiger partial charge in [0.15, 0.2) is 0 Å². The average molecular weight is 223 g/mol. The van der Waals surface area contributed by atoms with Crippen molar-refractivity contribution in [3.63, 3.8) is 0 Å². The molecule has 0 aromatic heterocycles. The molecule has 0 aliphatic carbocycles. The summed E-state index contributed by atoms with van der Waals surface area (Å²) in [7, 11) is 0. The number of rotatable bonds is 2. The van der Waals surface area contributed by atoms with E-state index in [0.717, 1.165) is 0 Å². The highest BCUT2D eigenvalue weighted by Crippen LogP contribution is 2.24. The molecule has 1 amide bonds. The summed E-state index contributed by atoms with van der Waals surface area (Å²) in [6.45, 7) is 0.155. The van der Waals surface area contributed by atoms with Gasteiger partial charge in [-0.05, 0) is 17.7 Å². The number of carbonyl (C=O) groups excluding carboxylic acids is 1. The number of hydrogen-bond acceptors (Lipinski definition) is 4. The molecule has 1 heterocycles. The standard InChI is InChI=1S/C10H9NO5/c12-8-2-1-5(3-6(8)9(13)14)7-4-16-10(15)11-7/h1-3,7,12H,4H2,(H,11,15)(H,13,14)/t7-/m1/s1. The lowest BCUT2D eigenvalue weighted by atomic mass is 10.0. The number of phenols is 1. The molecule has 1 atom stereocenters. The summed E-state index contributed by atoms with van der Waals surface area (Å²) >= 11 is 0. The van der Waals surface area contributed by atoms with Crippen LogP contribution in [0.3, 0.4) is 0 Å². The van der Waals surface area contributed by atoms with E-state index in [0.29, 0.717) is 5.56 Å². The van der Waals surface area contributed by atoms with Gasteiger partial charge in [-0.15, -0.1) is 0 Å². The summed E-state index contributed by atoms with van der Waals surface area (Å²) in [5.74, 6) is -1.52. The molecule has 1 aromatic rings. The number of alkyl carbamates (subject to hydrolysis) is 1. The molecule has 2 rings (SSSR count). The van der Waals surface area contributed by atoms with Crippen molar-refractivity contribution in [2.24, 2.45) is 0 Å². The first-order chi connectivity index (χ1) is 7.58. The van der Waals surface area contributed by atoms with Gasteiger partial charge >= 0.3 is 12.1 Å². The van der Waals surface area contributed by atoms with E-state index in [-0.39, 0.29) is 24.0 Å². The van der Waals surface area contributed by atoms with Crippen molar-refractivity contribution in [2.45, 2.75) is 6.04 Å². The number of carbonyl (C=O) groups is 2. The quantitative estimate of drug-likeness (QED) is 0.691. The number of carboxylic acids is 1. The van der Waals surface area contributed by atoms with Gasteiger partial charge in [-0.1, -0.05) is 6.07 Å². The fourth-order valence-electron chi connectivity index (χ4n) is 1.51. The number of cyclic esters (lactones) is 1. The SMILES string of the molecule is O=C1N[C@@H](c2ccc(O)c(C(=O)O)c2)CO1. The van der Waals surface area contributed by atoms with E-state index in [1.54, 1.807) is 6.07 Å². The van der Waals surface area contributed by atoms with Crippen molar-refractivity contribution < 1.29 is 24.5 Å². The Morgan fingerprint density at radius 1 is 1.50 bits per heavy atom. The number of amides is 1. The Morgan fingerprint density at radius 2 is 2.25 bits per heavy atom. The van der Waals surface area contributed by atoms with E-state index < -0.39 is 12.1 Å². The second-order valence-electron chi connectivity index (χ2n) is 3.38. The average Bonchev–Trinajstić information content (AvgIpc) is 2.65. The first kappa shape index (κ1) is 10.3. The van der Waals surface area contributed by atoms with Crippen molar-refractivity contribution in [3.05, 3.63) is 29.3 Å². The molecule has 1 aliphatic heterocycles. The van der Waals surface area contributed by atoms with Crippen LogP contribution in [-0.2, 0) is 4.74 Å². The molecule has 6 heteroatoms. The zero-order chi connectivity index (χ0) is 11.7. The Bertz CT molecular complexity index is 457. The molecule has 0 spiro atoms. The number of aromatic hydroxyl groups is 1. The maximum atomic E-state index is 10.8. The fourth-order valence-corrected chi connectivity index (χ4v) is 1.51. The minimum atomic E-state index is -1.22. The molecule has 0 radical (unpaired) electrons. The molecular formula is C10H9NO5. The maximum Gasteiger partial charge on any atom is 0.407 e. The molecule has 6 nitrogen and oxygen atoms in total. The number of carboxylic acid groups (broad SMARTS) is 1. The third kappa shape index (κ3) is 1.77. The first-order valence-corrected chi connectivity index (χ1v) is 4.57. The number of nitrogens with one attached hydrogen (secondary N) is 1. The van der Waals surface area contributed by atoms with Crippen LogP contribution in [0, 0.1) is 0 Å². The highest BCUT2D eigenvalue weighted by Gasteiger charge is 2.25. The van der Waals surface area contributed by atoms with Crippen LogP contribution >= 0.6 is 0 Å². The second-order valence-corrected chi connectivity index (χ2v) is 3.38. The Balaban J connectivity index is 2.32. The van der Waals surface area contributed by atoms with Gasteiger partial charge in [0.1, 0.15) is 17.9 Å². The lowest BCUT2D eigenvalue weighted by Gasteiger charge is -2.09.